The van der Waals surface area contributed by atoms with Gasteiger partial charge in [-0.2, -0.15) is 0 Å². The second kappa shape index (κ2) is 6.00. The first-order valence-corrected chi connectivity index (χ1v) is 6.70. The van der Waals surface area contributed by atoms with Crippen molar-refractivity contribution in [2.24, 2.45) is 0 Å². The van der Waals surface area contributed by atoms with Crippen LogP contribution >= 0.6 is 0 Å². The largest absolute Gasteiger partial charge is 0.422 e. The lowest BCUT2D eigenvalue weighted by Crippen LogP contribution is -2.34. The minimum atomic E-state index is -2.14. The summed E-state index contributed by atoms with van der Waals surface area (Å²) in [6.07, 6.45) is 0.508. The van der Waals surface area contributed by atoms with E-state index in [-0.39, 0.29) is 6.42 Å². The third kappa shape index (κ3) is 2.81. The first-order chi connectivity index (χ1) is 8.83. The second-order valence-electron chi connectivity index (χ2n) is 4.32. The van der Waals surface area contributed by atoms with Crippen molar-refractivity contribution < 1.29 is 26.4 Å². The van der Waals surface area contributed by atoms with Crippen molar-refractivity contribution in [3.05, 3.63) is 34.6 Å². The fourth-order valence-corrected chi connectivity index (χ4v) is 2.71. The molecular weight excluding hydrogens is 283 g/mol. The minimum absolute atomic E-state index is 0.310. The van der Waals surface area contributed by atoms with Gasteiger partial charge in [-0.05, 0) is 12.8 Å². The van der Waals surface area contributed by atoms with Gasteiger partial charge in [0.05, 0.1) is 5.60 Å². The molecule has 1 nitrogen and oxygen atoms in total. The van der Waals surface area contributed by atoms with Gasteiger partial charge in [-0.3, -0.25) is 0 Å². The summed E-state index contributed by atoms with van der Waals surface area (Å²) in [5.41, 5.74) is -1.69. The van der Waals surface area contributed by atoms with Gasteiger partial charge >= 0.3 is 0 Å². The summed E-state index contributed by atoms with van der Waals surface area (Å²) in [5.74, 6) is -9.52. The second-order valence-corrected chi connectivity index (χ2v) is 4.73. The van der Waals surface area contributed by atoms with E-state index in [0.717, 1.165) is 0 Å². The summed E-state index contributed by atoms with van der Waals surface area (Å²) in [5, 5.41) is 0. The summed E-state index contributed by atoms with van der Waals surface area (Å²) in [6, 6.07) is 0. The SMILES string of the molecule is CCC(CC)(Cc1c(F)c(F)c(F)c(F)c1F)O[SiH3]. The van der Waals surface area contributed by atoms with E-state index >= 15 is 0 Å². The Kier molecular flexibility index (Phi) is 5.09. The average Bonchev–Trinajstić information content (AvgIpc) is 2.44. The number of benzene rings is 1. The van der Waals surface area contributed by atoms with Gasteiger partial charge in [0.15, 0.2) is 23.3 Å². The molecule has 1 aromatic carbocycles. The zero-order valence-electron chi connectivity index (χ0n) is 10.9. The van der Waals surface area contributed by atoms with Gasteiger partial charge in [0.1, 0.15) is 10.5 Å². The molecule has 0 aromatic heterocycles. The Hall–Kier alpha value is -0.953. The quantitative estimate of drug-likeness (QED) is 0.351. The molecule has 0 heterocycles. The molecular formula is C12H15F5OSi. The minimum Gasteiger partial charge on any atom is -0.422 e. The van der Waals surface area contributed by atoms with Gasteiger partial charge < -0.3 is 4.43 Å². The normalized spacial score (nSPS) is 12.2. The monoisotopic (exact) mass is 298 g/mol. The van der Waals surface area contributed by atoms with E-state index in [1.807, 2.05) is 0 Å². The maximum absolute atomic E-state index is 13.6. The van der Waals surface area contributed by atoms with Crippen LogP contribution in [0.25, 0.3) is 0 Å². The molecule has 0 bridgehead atoms. The van der Waals surface area contributed by atoms with Crippen molar-refractivity contribution >= 4 is 10.5 Å². The van der Waals surface area contributed by atoms with E-state index in [0.29, 0.717) is 23.3 Å². The van der Waals surface area contributed by atoms with Crippen LogP contribution in [-0.2, 0) is 10.8 Å². The highest BCUT2D eigenvalue weighted by molar-refractivity contribution is 5.98. The Morgan fingerprint density at radius 1 is 0.842 bits per heavy atom. The van der Waals surface area contributed by atoms with Crippen LogP contribution in [-0.4, -0.2) is 16.1 Å². The average molecular weight is 298 g/mol. The smallest absolute Gasteiger partial charge is 0.200 e. The topological polar surface area (TPSA) is 9.23 Å². The molecule has 0 fully saturated rings. The standard InChI is InChI=1S/C12H15F5OSi/c1-3-12(4-2,18-19)5-6-7(13)9(15)11(17)10(16)8(6)14/h3-5H2,1-2,19H3. The third-order valence-corrected chi connectivity index (χ3v) is 4.39. The third-order valence-electron chi connectivity index (χ3n) is 3.52. The van der Waals surface area contributed by atoms with Crippen LogP contribution in [0.3, 0.4) is 0 Å². The van der Waals surface area contributed by atoms with Gasteiger partial charge in [0.2, 0.25) is 5.82 Å². The van der Waals surface area contributed by atoms with Crippen LogP contribution in [0.15, 0.2) is 0 Å². The summed E-state index contributed by atoms with van der Waals surface area (Å²) in [6.45, 7) is 3.49. The Labute approximate surface area is 111 Å². The predicted octanol–water partition coefficient (Wildman–Crippen LogP) is 2.78. The van der Waals surface area contributed by atoms with Crippen LogP contribution in [0.1, 0.15) is 32.3 Å². The van der Waals surface area contributed by atoms with Crippen LogP contribution in [0.4, 0.5) is 22.0 Å². The molecule has 0 saturated carbocycles. The van der Waals surface area contributed by atoms with Gasteiger partial charge in [-0.1, -0.05) is 13.8 Å². The van der Waals surface area contributed by atoms with Crippen LogP contribution in [0, 0.1) is 29.1 Å². The molecule has 1 rings (SSSR count). The highest BCUT2D eigenvalue weighted by atomic mass is 28.2. The fourth-order valence-electron chi connectivity index (χ4n) is 1.99. The molecule has 0 aliphatic rings. The molecule has 0 aliphatic carbocycles. The van der Waals surface area contributed by atoms with Crippen molar-refractivity contribution in [3.63, 3.8) is 0 Å². The lowest BCUT2D eigenvalue weighted by atomic mass is 9.89. The molecule has 0 saturated heterocycles. The number of hydrogen-bond donors (Lipinski definition) is 0. The summed E-state index contributed by atoms with van der Waals surface area (Å²) >= 11 is 0. The van der Waals surface area contributed by atoms with Gasteiger partial charge in [-0.25, -0.2) is 22.0 Å². The molecule has 0 atom stereocenters. The van der Waals surface area contributed by atoms with E-state index in [2.05, 4.69) is 0 Å². The van der Waals surface area contributed by atoms with E-state index in [9.17, 15) is 22.0 Å². The molecule has 0 amide bonds. The maximum Gasteiger partial charge on any atom is 0.200 e. The van der Waals surface area contributed by atoms with Gasteiger partial charge in [-0.15, -0.1) is 0 Å². The number of hydrogen-bond acceptors (Lipinski definition) is 1. The van der Waals surface area contributed by atoms with Crippen LogP contribution in [0.5, 0.6) is 0 Å². The molecule has 0 N–H and O–H groups in total. The predicted molar refractivity (Wildman–Crippen MR) is 64.3 cm³/mol. The highest BCUT2D eigenvalue weighted by Crippen LogP contribution is 2.30. The van der Waals surface area contributed by atoms with Crippen LogP contribution < -0.4 is 0 Å². The molecule has 0 radical (unpaired) electrons. The van der Waals surface area contributed by atoms with Crippen molar-refractivity contribution in [1.29, 1.82) is 0 Å². The zero-order chi connectivity index (χ0) is 14.8. The summed E-state index contributed by atoms with van der Waals surface area (Å²) in [7, 11) is 0.310. The Morgan fingerprint density at radius 2 is 1.21 bits per heavy atom. The van der Waals surface area contributed by atoms with E-state index in [4.69, 9.17) is 4.43 Å². The molecule has 1 aromatic rings. The molecule has 108 valence electrons. The van der Waals surface area contributed by atoms with E-state index < -0.39 is 40.3 Å². The van der Waals surface area contributed by atoms with E-state index in [1.165, 1.54) is 0 Å². The van der Waals surface area contributed by atoms with Gasteiger partial charge in [0.25, 0.3) is 0 Å². The molecule has 19 heavy (non-hydrogen) atoms. The Morgan fingerprint density at radius 3 is 1.53 bits per heavy atom. The van der Waals surface area contributed by atoms with Crippen molar-refractivity contribution in [2.75, 3.05) is 0 Å². The number of rotatable bonds is 5. The van der Waals surface area contributed by atoms with E-state index in [1.54, 1.807) is 13.8 Å². The lowest BCUT2D eigenvalue weighted by molar-refractivity contribution is 0.0687. The van der Waals surface area contributed by atoms with Crippen molar-refractivity contribution in [3.8, 4) is 0 Å². The molecule has 0 aliphatic heterocycles. The number of halogens is 5. The Bertz CT molecular complexity index is 436. The summed E-state index contributed by atoms with van der Waals surface area (Å²) in [4.78, 5) is 0. The first kappa shape index (κ1) is 16.1. The van der Waals surface area contributed by atoms with Crippen molar-refractivity contribution in [1.82, 2.24) is 0 Å². The lowest BCUT2D eigenvalue weighted by Gasteiger charge is -2.31. The Balaban J connectivity index is 3.36. The summed E-state index contributed by atoms with van der Waals surface area (Å²) < 4.78 is 71.6. The van der Waals surface area contributed by atoms with Crippen molar-refractivity contribution in [2.45, 2.75) is 38.7 Å². The fraction of sp³-hybridized carbons (Fsp3) is 0.500. The molecule has 7 heteroatoms. The maximum atomic E-state index is 13.6. The molecule has 0 spiro atoms. The van der Waals surface area contributed by atoms with Gasteiger partial charge in [0, 0.05) is 12.0 Å². The molecule has 0 unspecified atom stereocenters. The first-order valence-electron chi connectivity index (χ1n) is 5.89. The zero-order valence-corrected chi connectivity index (χ0v) is 12.9. The highest BCUT2D eigenvalue weighted by Gasteiger charge is 2.32. The van der Waals surface area contributed by atoms with Crippen LogP contribution in [0.2, 0.25) is 0 Å².